The van der Waals surface area contributed by atoms with Crippen LogP contribution in [-0.2, 0) is 11.2 Å². The van der Waals surface area contributed by atoms with E-state index in [0.29, 0.717) is 11.7 Å². The maximum atomic E-state index is 5.37. The molecule has 0 bridgehead atoms. The van der Waals surface area contributed by atoms with Gasteiger partial charge < -0.3 is 4.74 Å². The zero-order chi connectivity index (χ0) is 12.5. The van der Waals surface area contributed by atoms with E-state index in [1.165, 1.54) is 5.56 Å². The van der Waals surface area contributed by atoms with Crippen molar-refractivity contribution in [3.05, 3.63) is 48.0 Å². The van der Waals surface area contributed by atoms with E-state index in [9.17, 15) is 0 Å². The van der Waals surface area contributed by atoms with Gasteiger partial charge in [-0.05, 0) is 42.5 Å². The lowest BCUT2D eigenvalue weighted by molar-refractivity contribution is 0.340. The van der Waals surface area contributed by atoms with E-state index in [2.05, 4.69) is 30.8 Å². The van der Waals surface area contributed by atoms with Crippen molar-refractivity contribution >= 4 is 29.0 Å². The molecule has 0 radical (unpaired) electrons. The summed E-state index contributed by atoms with van der Waals surface area (Å²) in [5.74, 6) is 2.09. The number of hydrogen-bond acceptors (Lipinski definition) is 3. The summed E-state index contributed by atoms with van der Waals surface area (Å²) in [6.07, 6.45) is 1.11. The van der Waals surface area contributed by atoms with Gasteiger partial charge in [0.05, 0.1) is 6.61 Å². The average molecular weight is 266 g/mol. The third kappa shape index (κ3) is 6.49. The SMILES string of the molecule is C=C(C)C(=S)OCCSCCc1ccccc1. The molecule has 1 aromatic rings. The Balaban J connectivity index is 2.02. The van der Waals surface area contributed by atoms with Crippen molar-refractivity contribution in [1.82, 2.24) is 0 Å². The third-order valence-electron chi connectivity index (χ3n) is 2.19. The van der Waals surface area contributed by atoms with E-state index in [-0.39, 0.29) is 0 Å². The van der Waals surface area contributed by atoms with Crippen LogP contribution in [0.1, 0.15) is 12.5 Å². The fraction of sp³-hybridized carbons (Fsp3) is 0.357. The van der Waals surface area contributed by atoms with Gasteiger partial charge in [0.15, 0.2) is 5.05 Å². The Morgan fingerprint density at radius 1 is 1.29 bits per heavy atom. The van der Waals surface area contributed by atoms with Gasteiger partial charge in [-0.2, -0.15) is 11.8 Å². The molecule has 0 unspecified atom stereocenters. The van der Waals surface area contributed by atoms with Crippen LogP contribution in [0, 0.1) is 0 Å². The molecular formula is C14H18OS2. The molecule has 0 heterocycles. The Morgan fingerprint density at radius 2 is 2.00 bits per heavy atom. The first-order chi connectivity index (χ1) is 8.20. The smallest absolute Gasteiger partial charge is 0.186 e. The quantitative estimate of drug-likeness (QED) is 0.421. The summed E-state index contributed by atoms with van der Waals surface area (Å²) >= 11 is 6.89. The predicted molar refractivity (Wildman–Crippen MR) is 80.8 cm³/mol. The summed E-state index contributed by atoms with van der Waals surface area (Å²) in [6.45, 7) is 6.27. The van der Waals surface area contributed by atoms with Crippen molar-refractivity contribution < 1.29 is 4.74 Å². The topological polar surface area (TPSA) is 9.23 Å². The summed E-state index contributed by atoms with van der Waals surface area (Å²) in [5.41, 5.74) is 2.22. The second-order valence-corrected chi connectivity index (χ2v) is 5.36. The standard InChI is InChI=1S/C14H18OS2/c1-12(2)14(16)15-9-11-17-10-8-13-6-4-3-5-7-13/h3-7H,1,8-11H2,2H3. The average Bonchev–Trinajstić information content (AvgIpc) is 2.34. The number of hydrogen-bond donors (Lipinski definition) is 0. The highest BCUT2D eigenvalue weighted by molar-refractivity contribution is 7.99. The largest absolute Gasteiger partial charge is 0.482 e. The molecular weight excluding hydrogens is 248 g/mol. The van der Waals surface area contributed by atoms with Crippen molar-refractivity contribution in [3.8, 4) is 0 Å². The van der Waals surface area contributed by atoms with Crippen LogP contribution in [0.15, 0.2) is 42.5 Å². The zero-order valence-corrected chi connectivity index (χ0v) is 11.8. The van der Waals surface area contributed by atoms with Crippen LogP contribution >= 0.6 is 24.0 Å². The lowest BCUT2D eigenvalue weighted by Crippen LogP contribution is -2.06. The molecule has 1 rings (SSSR count). The van der Waals surface area contributed by atoms with Crippen LogP contribution in [0.5, 0.6) is 0 Å². The Kier molecular flexibility index (Phi) is 6.97. The van der Waals surface area contributed by atoms with Crippen molar-refractivity contribution in [2.24, 2.45) is 0 Å². The van der Waals surface area contributed by atoms with Crippen LogP contribution < -0.4 is 0 Å². The molecule has 0 amide bonds. The van der Waals surface area contributed by atoms with Gasteiger partial charge in [0.2, 0.25) is 0 Å². The lowest BCUT2D eigenvalue weighted by atomic mass is 10.2. The minimum absolute atomic E-state index is 0.536. The van der Waals surface area contributed by atoms with Gasteiger partial charge in [-0.25, -0.2) is 0 Å². The molecule has 0 saturated carbocycles. The molecule has 0 aromatic heterocycles. The van der Waals surface area contributed by atoms with Crippen LogP contribution in [0.2, 0.25) is 0 Å². The maximum absolute atomic E-state index is 5.37. The molecule has 0 spiro atoms. The van der Waals surface area contributed by atoms with Crippen LogP contribution in [0.3, 0.4) is 0 Å². The third-order valence-corrected chi connectivity index (χ3v) is 3.60. The number of benzene rings is 1. The Labute approximate surface area is 113 Å². The van der Waals surface area contributed by atoms with Crippen LogP contribution in [0.25, 0.3) is 0 Å². The number of ether oxygens (including phenoxy) is 1. The van der Waals surface area contributed by atoms with Gasteiger partial charge in [-0.1, -0.05) is 36.9 Å². The first kappa shape index (κ1) is 14.3. The van der Waals surface area contributed by atoms with Crippen molar-refractivity contribution in [2.45, 2.75) is 13.3 Å². The molecule has 0 N–H and O–H groups in total. The normalized spacial score (nSPS) is 9.94. The molecule has 0 aliphatic heterocycles. The Morgan fingerprint density at radius 3 is 2.65 bits per heavy atom. The van der Waals surface area contributed by atoms with E-state index in [1.807, 2.05) is 24.8 Å². The zero-order valence-electron chi connectivity index (χ0n) is 10.1. The number of thiocarbonyl (C=S) groups is 1. The lowest BCUT2D eigenvalue weighted by Gasteiger charge is -2.06. The molecule has 3 heteroatoms. The van der Waals surface area contributed by atoms with Crippen molar-refractivity contribution in [3.63, 3.8) is 0 Å². The summed E-state index contributed by atoms with van der Waals surface area (Å²) in [7, 11) is 0. The van der Waals surface area contributed by atoms with E-state index in [4.69, 9.17) is 17.0 Å². The van der Waals surface area contributed by atoms with Crippen LogP contribution in [-0.4, -0.2) is 23.2 Å². The second-order valence-electron chi connectivity index (χ2n) is 3.76. The molecule has 0 aliphatic rings. The fourth-order valence-electron chi connectivity index (χ4n) is 1.25. The van der Waals surface area contributed by atoms with Gasteiger partial charge in [0.25, 0.3) is 0 Å². The van der Waals surface area contributed by atoms with E-state index in [0.717, 1.165) is 23.5 Å². The molecule has 0 saturated heterocycles. The molecule has 0 atom stereocenters. The molecule has 0 fully saturated rings. The number of rotatable bonds is 7. The highest BCUT2D eigenvalue weighted by Gasteiger charge is 1.98. The second kappa shape index (κ2) is 8.31. The monoisotopic (exact) mass is 266 g/mol. The summed E-state index contributed by atoms with van der Waals surface area (Å²) < 4.78 is 5.37. The highest BCUT2D eigenvalue weighted by atomic mass is 32.2. The Hall–Kier alpha value is -0.800. The minimum Gasteiger partial charge on any atom is -0.482 e. The van der Waals surface area contributed by atoms with Gasteiger partial charge in [0.1, 0.15) is 0 Å². The van der Waals surface area contributed by atoms with Gasteiger partial charge in [-0.15, -0.1) is 0 Å². The van der Waals surface area contributed by atoms with Crippen molar-refractivity contribution in [2.75, 3.05) is 18.1 Å². The first-order valence-corrected chi connectivity index (χ1v) is 7.21. The molecule has 92 valence electrons. The first-order valence-electron chi connectivity index (χ1n) is 5.64. The predicted octanol–water partition coefficient (Wildman–Crippen LogP) is 3.88. The van der Waals surface area contributed by atoms with E-state index in [1.54, 1.807) is 0 Å². The van der Waals surface area contributed by atoms with Gasteiger partial charge in [-0.3, -0.25) is 0 Å². The minimum atomic E-state index is 0.536. The molecule has 1 nitrogen and oxygen atoms in total. The Bertz CT molecular complexity index is 360. The number of aryl methyl sites for hydroxylation is 1. The summed E-state index contributed by atoms with van der Waals surface area (Å²) in [5, 5.41) is 0.536. The maximum Gasteiger partial charge on any atom is 0.186 e. The summed E-state index contributed by atoms with van der Waals surface area (Å²) in [6, 6.07) is 10.5. The van der Waals surface area contributed by atoms with Crippen LogP contribution in [0.4, 0.5) is 0 Å². The highest BCUT2D eigenvalue weighted by Crippen LogP contribution is 2.07. The molecule has 17 heavy (non-hydrogen) atoms. The molecule has 0 aliphatic carbocycles. The van der Waals surface area contributed by atoms with Crippen molar-refractivity contribution in [1.29, 1.82) is 0 Å². The molecule has 1 aromatic carbocycles. The van der Waals surface area contributed by atoms with E-state index >= 15 is 0 Å². The summed E-state index contributed by atoms with van der Waals surface area (Å²) in [4.78, 5) is 0. The van der Waals surface area contributed by atoms with Gasteiger partial charge >= 0.3 is 0 Å². The number of thioether (sulfide) groups is 1. The van der Waals surface area contributed by atoms with E-state index < -0.39 is 0 Å². The van der Waals surface area contributed by atoms with Gasteiger partial charge in [0, 0.05) is 5.75 Å². The fourth-order valence-corrected chi connectivity index (χ4v) is 2.12.